The van der Waals surface area contributed by atoms with Crippen LogP contribution in [0.1, 0.15) is 29.9 Å². The van der Waals surface area contributed by atoms with Gasteiger partial charge in [-0.3, -0.25) is 4.98 Å². The molecule has 0 N–H and O–H groups in total. The Hall–Kier alpha value is -1.87. The molecule has 2 heterocycles. The zero-order chi connectivity index (χ0) is 14.5. The van der Waals surface area contributed by atoms with Gasteiger partial charge in [0.15, 0.2) is 0 Å². The summed E-state index contributed by atoms with van der Waals surface area (Å²) in [5.74, 6) is 0.620. The molecule has 1 aromatic heterocycles. The number of ether oxygens (including phenoxy) is 1. The quantitative estimate of drug-likeness (QED) is 0.837. The topological polar surface area (TPSA) is 25.4 Å². The molecular weight excluding hydrogens is 260 g/mol. The predicted molar refractivity (Wildman–Crippen MR) is 85.6 cm³/mol. The van der Waals surface area contributed by atoms with Gasteiger partial charge in [0, 0.05) is 44.9 Å². The van der Waals surface area contributed by atoms with Gasteiger partial charge < -0.3 is 9.64 Å². The molecule has 3 rings (SSSR count). The summed E-state index contributed by atoms with van der Waals surface area (Å²) in [6.45, 7) is 2.90. The molecule has 0 spiro atoms. The number of aromatic nitrogens is 1. The van der Waals surface area contributed by atoms with Gasteiger partial charge in [0.1, 0.15) is 0 Å². The minimum absolute atomic E-state index is 0.620. The van der Waals surface area contributed by atoms with Crippen LogP contribution in [0.25, 0.3) is 0 Å². The summed E-state index contributed by atoms with van der Waals surface area (Å²) < 4.78 is 5.26. The van der Waals surface area contributed by atoms with Crippen LogP contribution in [0.4, 0.5) is 5.69 Å². The number of nitrogens with zero attached hydrogens (tertiary/aromatic N) is 2. The van der Waals surface area contributed by atoms with Gasteiger partial charge in [-0.15, -0.1) is 0 Å². The number of anilines is 1. The third kappa shape index (κ3) is 3.24. The maximum absolute atomic E-state index is 5.26. The maximum atomic E-state index is 5.26. The van der Waals surface area contributed by atoms with Crippen molar-refractivity contribution in [3.63, 3.8) is 0 Å². The first-order chi connectivity index (χ1) is 10.4. The van der Waals surface area contributed by atoms with E-state index in [9.17, 15) is 0 Å². The number of hydrogen-bond acceptors (Lipinski definition) is 3. The highest BCUT2D eigenvalue weighted by Crippen LogP contribution is 2.37. The first kappa shape index (κ1) is 14.1. The smallest absolute Gasteiger partial charge is 0.0468 e. The second kappa shape index (κ2) is 6.72. The highest BCUT2D eigenvalue weighted by atomic mass is 16.5. The first-order valence-electron chi connectivity index (χ1n) is 7.60. The van der Waals surface area contributed by atoms with Crippen molar-refractivity contribution in [3.8, 4) is 0 Å². The van der Waals surface area contributed by atoms with Crippen LogP contribution in [0, 0.1) is 0 Å². The Balaban J connectivity index is 1.81. The molecule has 1 aliphatic heterocycles. The van der Waals surface area contributed by atoms with Gasteiger partial charge in [0.05, 0.1) is 0 Å². The standard InChI is InChI=1S/C18H22N2O/c1-21-13-9-16-8-12-20(14-15-6-10-19-11-7-15)18-5-3-2-4-17(16)18/h2-7,10-11,16H,8-9,12-14H2,1H3. The van der Waals surface area contributed by atoms with Crippen molar-refractivity contribution in [2.24, 2.45) is 0 Å². The zero-order valence-electron chi connectivity index (χ0n) is 12.5. The third-order valence-electron chi connectivity index (χ3n) is 4.26. The molecule has 0 fully saturated rings. The van der Waals surface area contributed by atoms with E-state index in [2.05, 4.69) is 46.3 Å². The monoisotopic (exact) mass is 282 g/mol. The van der Waals surface area contributed by atoms with E-state index in [0.29, 0.717) is 5.92 Å². The van der Waals surface area contributed by atoms with Crippen LogP contribution in [0.15, 0.2) is 48.8 Å². The summed E-state index contributed by atoms with van der Waals surface area (Å²) in [6, 6.07) is 13.0. The highest BCUT2D eigenvalue weighted by molar-refractivity contribution is 5.57. The normalized spacial score (nSPS) is 17.6. The fraction of sp³-hybridized carbons (Fsp3) is 0.389. The van der Waals surface area contributed by atoms with Gasteiger partial charge in [0.25, 0.3) is 0 Å². The Kier molecular flexibility index (Phi) is 4.51. The molecule has 0 saturated heterocycles. The van der Waals surface area contributed by atoms with Crippen molar-refractivity contribution in [1.29, 1.82) is 0 Å². The fourth-order valence-corrected chi connectivity index (χ4v) is 3.14. The summed E-state index contributed by atoms with van der Waals surface area (Å²) in [5, 5.41) is 0. The Morgan fingerprint density at radius 2 is 2.00 bits per heavy atom. The number of methoxy groups -OCH3 is 1. The van der Waals surface area contributed by atoms with Crippen LogP contribution in [0.2, 0.25) is 0 Å². The van der Waals surface area contributed by atoms with Gasteiger partial charge in [-0.25, -0.2) is 0 Å². The number of fused-ring (bicyclic) bond motifs is 1. The maximum Gasteiger partial charge on any atom is 0.0468 e. The number of pyridine rings is 1. The van der Waals surface area contributed by atoms with Crippen molar-refractivity contribution < 1.29 is 4.74 Å². The van der Waals surface area contributed by atoms with Gasteiger partial charge in [0.2, 0.25) is 0 Å². The highest BCUT2D eigenvalue weighted by Gasteiger charge is 2.24. The third-order valence-corrected chi connectivity index (χ3v) is 4.26. The SMILES string of the molecule is COCCC1CCN(Cc2ccncc2)c2ccccc21. The Morgan fingerprint density at radius 3 is 2.81 bits per heavy atom. The average molecular weight is 282 g/mol. The minimum Gasteiger partial charge on any atom is -0.385 e. The van der Waals surface area contributed by atoms with Crippen molar-refractivity contribution in [1.82, 2.24) is 4.98 Å². The summed E-state index contributed by atoms with van der Waals surface area (Å²) in [4.78, 5) is 6.58. The zero-order valence-corrected chi connectivity index (χ0v) is 12.5. The molecule has 0 radical (unpaired) electrons. The van der Waals surface area contributed by atoms with Gasteiger partial charge in [-0.05, 0) is 48.1 Å². The van der Waals surface area contributed by atoms with Crippen molar-refractivity contribution in [2.75, 3.05) is 25.2 Å². The molecule has 0 saturated carbocycles. The van der Waals surface area contributed by atoms with Crippen molar-refractivity contribution >= 4 is 5.69 Å². The van der Waals surface area contributed by atoms with E-state index >= 15 is 0 Å². The molecule has 0 amide bonds. The molecule has 2 aromatic rings. The van der Waals surface area contributed by atoms with Gasteiger partial charge in [-0.2, -0.15) is 0 Å². The summed E-state index contributed by atoms with van der Waals surface area (Å²) >= 11 is 0. The van der Waals surface area contributed by atoms with Crippen molar-refractivity contribution in [2.45, 2.75) is 25.3 Å². The van der Waals surface area contributed by atoms with Crippen molar-refractivity contribution in [3.05, 3.63) is 59.9 Å². The molecule has 1 atom stereocenters. The molecule has 1 aliphatic rings. The fourth-order valence-electron chi connectivity index (χ4n) is 3.14. The van der Waals surface area contributed by atoms with Crippen LogP contribution in [-0.4, -0.2) is 25.2 Å². The lowest BCUT2D eigenvalue weighted by Gasteiger charge is -2.36. The van der Waals surface area contributed by atoms with E-state index in [-0.39, 0.29) is 0 Å². The molecule has 3 heteroatoms. The largest absolute Gasteiger partial charge is 0.385 e. The van der Waals surface area contributed by atoms with Crippen LogP contribution < -0.4 is 4.90 Å². The Labute approximate surface area is 126 Å². The number of para-hydroxylation sites is 1. The van der Waals surface area contributed by atoms with Crippen LogP contribution in [0.5, 0.6) is 0 Å². The summed E-state index contributed by atoms with van der Waals surface area (Å²) in [6.07, 6.45) is 6.04. The Bertz CT molecular complexity index is 570. The summed E-state index contributed by atoms with van der Waals surface area (Å²) in [5.41, 5.74) is 4.16. The predicted octanol–water partition coefficient (Wildman–Crippen LogP) is 3.61. The molecule has 1 aromatic carbocycles. The average Bonchev–Trinajstić information content (AvgIpc) is 2.55. The summed E-state index contributed by atoms with van der Waals surface area (Å²) in [7, 11) is 1.78. The number of benzene rings is 1. The molecule has 1 unspecified atom stereocenters. The molecule has 110 valence electrons. The second-order valence-corrected chi connectivity index (χ2v) is 5.60. The van der Waals surface area contributed by atoms with Crippen LogP contribution in [0.3, 0.4) is 0 Å². The lowest BCUT2D eigenvalue weighted by Crippen LogP contribution is -2.31. The van der Waals surface area contributed by atoms with E-state index in [4.69, 9.17) is 4.74 Å². The second-order valence-electron chi connectivity index (χ2n) is 5.60. The Morgan fingerprint density at radius 1 is 1.19 bits per heavy atom. The molecule has 0 bridgehead atoms. The number of hydrogen-bond donors (Lipinski definition) is 0. The van der Waals surface area contributed by atoms with E-state index in [1.807, 2.05) is 12.4 Å². The van der Waals surface area contributed by atoms with E-state index in [1.54, 1.807) is 7.11 Å². The van der Waals surface area contributed by atoms with E-state index in [0.717, 1.165) is 26.1 Å². The number of rotatable bonds is 5. The molecular formula is C18H22N2O. The molecule has 21 heavy (non-hydrogen) atoms. The molecule has 3 nitrogen and oxygen atoms in total. The van der Waals surface area contributed by atoms with Crippen LogP contribution >= 0.6 is 0 Å². The lowest BCUT2D eigenvalue weighted by atomic mass is 9.87. The van der Waals surface area contributed by atoms with Gasteiger partial charge >= 0.3 is 0 Å². The molecule has 0 aliphatic carbocycles. The van der Waals surface area contributed by atoms with Gasteiger partial charge in [-0.1, -0.05) is 18.2 Å². The van der Waals surface area contributed by atoms with Crippen LogP contribution in [-0.2, 0) is 11.3 Å². The first-order valence-corrected chi connectivity index (χ1v) is 7.60. The lowest BCUT2D eigenvalue weighted by molar-refractivity contribution is 0.186. The minimum atomic E-state index is 0.620. The van der Waals surface area contributed by atoms with E-state index in [1.165, 1.54) is 23.2 Å². The van der Waals surface area contributed by atoms with E-state index < -0.39 is 0 Å².